The summed E-state index contributed by atoms with van der Waals surface area (Å²) in [5, 5.41) is 4.29. The van der Waals surface area contributed by atoms with Crippen LogP contribution in [0.5, 0.6) is 5.75 Å². The monoisotopic (exact) mass is 435 g/mol. The maximum Gasteiger partial charge on any atom is 0.266 e. The van der Waals surface area contributed by atoms with E-state index in [1.807, 2.05) is 0 Å². The molecule has 1 N–H and O–H groups in total. The van der Waals surface area contributed by atoms with Crippen LogP contribution in [0, 0.1) is 11.6 Å². The molecule has 7 nitrogen and oxygen atoms in total. The fourth-order valence-corrected chi connectivity index (χ4v) is 3.88. The number of halogens is 2. The van der Waals surface area contributed by atoms with Crippen molar-refractivity contribution in [3.63, 3.8) is 0 Å². The van der Waals surface area contributed by atoms with Gasteiger partial charge in [-0.25, -0.2) is 26.6 Å². The van der Waals surface area contributed by atoms with Gasteiger partial charge >= 0.3 is 0 Å². The van der Waals surface area contributed by atoms with Crippen molar-refractivity contribution >= 4 is 10.0 Å². The van der Waals surface area contributed by atoms with E-state index in [9.17, 15) is 22.0 Å². The third kappa shape index (κ3) is 5.08. The molecule has 0 aliphatic rings. The molecular formula is C20H19F2N3O4S. The van der Waals surface area contributed by atoms with E-state index in [1.165, 1.54) is 10.7 Å². The summed E-state index contributed by atoms with van der Waals surface area (Å²) >= 11 is 0. The molecule has 3 aromatic rings. The molecular weight excluding hydrogens is 416 g/mol. The maximum atomic E-state index is 13.7. The first-order valence-corrected chi connectivity index (χ1v) is 10.5. The van der Waals surface area contributed by atoms with E-state index in [2.05, 4.69) is 9.82 Å². The zero-order chi connectivity index (χ0) is 21.7. The number of sulfonamides is 1. The molecule has 0 fully saturated rings. The second-order valence-corrected chi connectivity index (χ2v) is 8.07. The average Bonchev–Trinajstić information content (AvgIpc) is 2.74. The molecule has 0 amide bonds. The molecule has 1 heterocycles. The van der Waals surface area contributed by atoms with Gasteiger partial charge in [0.25, 0.3) is 5.56 Å². The molecule has 30 heavy (non-hydrogen) atoms. The Bertz CT molecular complexity index is 1200. The minimum Gasteiger partial charge on any atom is -0.497 e. The van der Waals surface area contributed by atoms with Gasteiger partial charge in [0.15, 0.2) is 0 Å². The first-order valence-electron chi connectivity index (χ1n) is 8.97. The molecule has 0 radical (unpaired) electrons. The predicted molar refractivity (Wildman–Crippen MR) is 107 cm³/mol. The molecule has 0 bridgehead atoms. The lowest BCUT2D eigenvalue weighted by atomic mass is 10.1. The summed E-state index contributed by atoms with van der Waals surface area (Å²) < 4.78 is 59.8. The van der Waals surface area contributed by atoms with Gasteiger partial charge in [0.2, 0.25) is 10.0 Å². The number of rotatable bonds is 8. The van der Waals surface area contributed by atoms with E-state index in [0.29, 0.717) is 17.5 Å². The topological polar surface area (TPSA) is 90.3 Å². The molecule has 0 aliphatic carbocycles. The van der Waals surface area contributed by atoms with Crippen molar-refractivity contribution < 1.29 is 21.9 Å². The van der Waals surface area contributed by atoms with Gasteiger partial charge in [-0.15, -0.1) is 0 Å². The molecule has 0 spiro atoms. The molecule has 10 heteroatoms. The fourth-order valence-electron chi connectivity index (χ4n) is 2.72. The summed E-state index contributed by atoms with van der Waals surface area (Å²) in [5.41, 5.74) is 1.01. The third-order valence-electron chi connectivity index (χ3n) is 4.27. The lowest BCUT2D eigenvalue weighted by molar-refractivity contribution is 0.415. The SMILES string of the molecule is COc1ccc(-c2ccc(=O)n(CCCNS(=O)(=O)c3cc(F)ccc3F)n2)cc1. The normalized spacial score (nSPS) is 11.4. The average molecular weight is 435 g/mol. The summed E-state index contributed by atoms with van der Waals surface area (Å²) in [6.07, 6.45) is 0.217. The molecule has 0 saturated carbocycles. The Labute approximate surface area is 172 Å². The molecule has 0 unspecified atom stereocenters. The summed E-state index contributed by atoms with van der Waals surface area (Å²) in [7, 11) is -2.66. The van der Waals surface area contributed by atoms with E-state index >= 15 is 0 Å². The largest absolute Gasteiger partial charge is 0.497 e. The Morgan fingerprint density at radius 3 is 2.50 bits per heavy atom. The van der Waals surface area contributed by atoms with Gasteiger partial charge in [-0.05, 0) is 55.0 Å². The van der Waals surface area contributed by atoms with Crippen molar-refractivity contribution in [1.82, 2.24) is 14.5 Å². The number of hydrogen-bond donors (Lipinski definition) is 1. The summed E-state index contributed by atoms with van der Waals surface area (Å²) in [4.78, 5) is 11.3. The van der Waals surface area contributed by atoms with Gasteiger partial charge in [0.1, 0.15) is 22.3 Å². The standard InChI is InChI=1S/C20H19F2N3O4S/c1-29-16-6-3-14(4-7-16)18-9-10-20(26)25(24-18)12-2-11-23-30(27,28)19-13-15(21)5-8-17(19)22/h3-10,13,23H,2,11-12H2,1H3. The van der Waals surface area contributed by atoms with Crippen LogP contribution in [0.1, 0.15) is 6.42 Å². The van der Waals surface area contributed by atoms with E-state index in [0.717, 1.165) is 17.7 Å². The second-order valence-electron chi connectivity index (χ2n) is 6.33. The van der Waals surface area contributed by atoms with Crippen LogP contribution in [0.3, 0.4) is 0 Å². The Balaban J connectivity index is 1.66. The number of aryl methyl sites for hydroxylation is 1. The van der Waals surface area contributed by atoms with Gasteiger partial charge in [-0.1, -0.05) is 0 Å². The molecule has 1 aromatic heterocycles. The highest BCUT2D eigenvalue weighted by molar-refractivity contribution is 7.89. The number of nitrogens with zero attached hydrogens (tertiary/aromatic N) is 2. The minimum atomic E-state index is -4.22. The van der Waals surface area contributed by atoms with Crippen molar-refractivity contribution in [2.75, 3.05) is 13.7 Å². The van der Waals surface area contributed by atoms with E-state index < -0.39 is 26.6 Å². The van der Waals surface area contributed by atoms with Crippen molar-refractivity contribution in [2.24, 2.45) is 0 Å². The predicted octanol–water partition coefficient (Wildman–Crippen LogP) is 2.57. The summed E-state index contributed by atoms with van der Waals surface area (Å²) in [6, 6.07) is 12.3. The molecule has 158 valence electrons. The Morgan fingerprint density at radius 2 is 1.80 bits per heavy atom. The Morgan fingerprint density at radius 1 is 1.07 bits per heavy atom. The van der Waals surface area contributed by atoms with Crippen LogP contribution < -0.4 is 15.0 Å². The molecule has 3 rings (SSSR count). The lowest BCUT2D eigenvalue weighted by Gasteiger charge is -2.10. The minimum absolute atomic E-state index is 0.0842. The first kappa shape index (κ1) is 21.6. The number of nitrogens with one attached hydrogen (secondary N) is 1. The fraction of sp³-hybridized carbons (Fsp3) is 0.200. The van der Waals surface area contributed by atoms with Gasteiger partial charge in [-0.2, -0.15) is 5.10 Å². The quantitative estimate of drug-likeness (QED) is 0.550. The number of hydrogen-bond acceptors (Lipinski definition) is 5. The maximum absolute atomic E-state index is 13.7. The zero-order valence-corrected chi connectivity index (χ0v) is 16.8. The van der Waals surface area contributed by atoms with Crippen LogP contribution in [0.2, 0.25) is 0 Å². The smallest absolute Gasteiger partial charge is 0.266 e. The van der Waals surface area contributed by atoms with Crippen molar-refractivity contribution in [2.45, 2.75) is 17.9 Å². The summed E-state index contributed by atoms with van der Waals surface area (Å²) in [6.45, 7) is 0.0517. The highest BCUT2D eigenvalue weighted by atomic mass is 32.2. The van der Waals surface area contributed by atoms with Crippen LogP contribution >= 0.6 is 0 Å². The van der Waals surface area contributed by atoms with E-state index in [1.54, 1.807) is 37.4 Å². The molecule has 0 saturated heterocycles. The van der Waals surface area contributed by atoms with Crippen molar-refractivity contribution in [3.05, 3.63) is 76.6 Å². The van der Waals surface area contributed by atoms with Crippen LogP contribution in [0.4, 0.5) is 8.78 Å². The number of ether oxygens (including phenoxy) is 1. The number of benzene rings is 2. The highest BCUT2D eigenvalue weighted by Crippen LogP contribution is 2.19. The molecule has 0 atom stereocenters. The van der Waals surface area contributed by atoms with Gasteiger partial charge < -0.3 is 4.74 Å². The third-order valence-corrected chi connectivity index (χ3v) is 5.75. The van der Waals surface area contributed by atoms with Crippen molar-refractivity contribution in [3.8, 4) is 17.0 Å². The van der Waals surface area contributed by atoms with Crippen LogP contribution in [0.15, 0.2) is 64.3 Å². The molecule has 2 aromatic carbocycles. The highest BCUT2D eigenvalue weighted by Gasteiger charge is 2.19. The second kappa shape index (κ2) is 9.14. The van der Waals surface area contributed by atoms with Crippen molar-refractivity contribution in [1.29, 1.82) is 0 Å². The Hall–Kier alpha value is -3.11. The van der Waals surface area contributed by atoms with Crippen LogP contribution in [-0.2, 0) is 16.6 Å². The molecule has 0 aliphatic heterocycles. The Kier molecular flexibility index (Phi) is 6.58. The van der Waals surface area contributed by atoms with E-state index in [4.69, 9.17) is 4.74 Å². The van der Waals surface area contributed by atoms with Gasteiger partial charge in [0.05, 0.1) is 12.8 Å². The first-order chi connectivity index (χ1) is 14.3. The summed E-state index contributed by atoms with van der Waals surface area (Å²) in [5.74, 6) is -1.22. The van der Waals surface area contributed by atoms with E-state index in [-0.39, 0.29) is 25.1 Å². The van der Waals surface area contributed by atoms with Crippen LogP contribution in [-0.4, -0.2) is 31.9 Å². The van der Waals surface area contributed by atoms with Crippen LogP contribution in [0.25, 0.3) is 11.3 Å². The lowest BCUT2D eigenvalue weighted by Crippen LogP contribution is -2.28. The zero-order valence-electron chi connectivity index (χ0n) is 16.0. The number of methoxy groups -OCH3 is 1. The van der Waals surface area contributed by atoms with Gasteiger partial charge in [0, 0.05) is 24.7 Å². The van der Waals surface area contributed by atoms with Gasteiger partial charge in [-0.3, -0.25) is 4.79 Å². The number of aromatic nitrogens is 2.